The van der Waals surface area contributed by atoms with Crippen molar-refractivity contribution in [2.24, 2.45) is 0 Å². The van der Waals surface area contributed by atoms with Crippen molar-refractivity contribution in [3.8, 4) is 34.0 Å². The van der Waals surface area contributed by atoms with Crippen LogP contribution >= 0.6 is 0 Å². The summed E-state index contributed by atoms with van der Waals surface area (Å²) >= 11 is 0. The molecule has 3 aromatic carbocycles. The SMILES string of the molecule is COc1cccc2c1OC(c1nc(-c3ccc(-c4ccccc4)cc3)no1)C2. The average molecular weight is 370 g/mol. The third-order valence-electron chi connectivity index (χ3n) is 4.91. The van der Waals surface area contributed by atoms with Gasteiger partial charge >= 0.3 is 0 Å². The quantitative estimate of drug-likeness (QED) is 0.501. The first-order chi connectivity index (χ1) is 13.8. The van der Waals surface area contributed by atoms with E-state index in [1.165, 1.54) is 5.56 Å². The zero-order valence-electron chi connectivity index (χ0n) is 15.3. The molecule has 0 bridgehead atoms. The van der Waals surface area contributed by atoms with E-state index in [0.717, 1.165) is 28.2 Å². The highest BCUT2D eigenvalue weighted by molar-refractivity contribution is 5.67. The third-order valence-corrected chi connectivity index (χ3v) is 4.91. The number of ether oxygens (including phenoxy) is 2. The monoisotopic (exact) mass is 370 g/mol. The van der Waals surface area contributed by atoms with E-state index in [9.17, 15) is 0 Å². The van der Waals surface area contributed by atoms with E-state index < -0.39 is 0 Å². The molecule has 4 aromatic rings. The Hall–Kier alpha value is -3.60. The highest BCUT2D eigenvalue weighted by Crippen LogP contribution is 2.42. The molecule has 138 valence electrons. The van der Waals surface area contributed by atoms with E-state index in [2.05, 4.69) is 34.4 Å². The molecule has 1 aromatic heterocycles. The van der Waals surface area contributed by atoms with Crippen LogP contribution in [0, 0.1) is 0 Å². The lowest BCUT2D eigenvalue weighted by Crippen LogP contribution is -2.03. The molecule has 1 aliphatic heterocycles. The molecule has 1 unspecified atom stereocenters. The maximum Gasteiger partial charge on any atom is 0.268 e. The molecule has 0 spiro atoms. The van der Waals surface area contributed by atoms with Crippen LogP contribution in [-0.4, -0.2) is 17.3 Å². The molecule has 5 nitrogen and oxygen atoms in total. The van der Waals surface area contributed by atoms with Gasteiger partial charge in [-0.05, 0) is 17.2 Å². The summed E-state index contributed by atoms with van der Waals surface area (Å²) in [6.07, 6.45) is 0.386. The Kier molecular flexibility index (Phi) is 4.05. The largest absolute Gasteiger partial charge is 0.493 e. The highest BCUT2D eigenvalue weighted by atomic mass is 16.5. The first-order valence-electron chi connectivity index (χ1n) is 9.14. The van der Waals surface area contributed by atoms with Gasteiger partial charge < -0.3 is 14.0 Å². The van der Waals surface area contributed by atoms with Crippen LogP contribution in [0.25, 0.3) is 22.5 Å². The molecule has 5 heteroatoms. The van der Waals surface area contributed by atoms with E-state index in [-0.39, 0.29) is 6.10 Å². The number of methoxy groups -OCH3 is 1. The standard InChI is InChI=1S/C23H18N2O3/c1-26-19-9-5-8-18-14-20(27-21(18)19)23-24-22(25-28-23)17-12-10-16(11-13-17)15-6-3-2-4-7-15/h2-13,20H,14H2,1H3. The fraction of sp³-hybridized carbons (Fsp3) is 0.130. The number of hydrogen-bond donors (Lipinski definition) is 0. The van der Waals surface area contributed by atoms with Crippen molar-refractivity contribution in [3.63, 3.8) is 0 Å². The molecule has 5 rings (SSSR count). The van der Waals surface area contributed by atoms with Crippen LogP contribution in [0.15, 0.2) is 77.3 Å². The van der Waals surface area contributed by atoms with Gasteiger partial charge in [0.1, 0.15) is 0 Å². The Balaban J connectivity index is 1.37. The molecular formula is C23H18N2O3. The number of para-hydroxylation sites is 1. The Labute approximate surface area is 162 Å². The Morgan fingerprint density at radius 1 is 0.857 bits per heavy atom. The van der Waals surface area contributed by atoms with E-state index in [1.54, 1.807) is 7.11 Å². The molecule has 28 heavy (non-hydrogen) atoms. The molecule has 0 aliphatic carbocycles. The van der Waals surface area contributed by atoms with Gasteiger partial charge in [0.15, 0.2) is 17.6 Å². The van der Waals surface area contributed by atoms with Crippen molar-refractivity contribution < 1.29 is 14.0 Å². The summed E-state index contributed by atoms with van der Waals surface area (Å²) in [5.74, 6) is 2.50. The molecule has 0 fully saturated rings. The third kappa shape index (κ3) is 2.91. The Morgan fingerprint density at radius 2 is 1.61 bits per heavy atom. The normalized spacial score (nSPS) is 15.1. The molecule has 2 heterocycles. The number of fused-ring (bicyclic) bond motifs is 1. The molecule has 0 radical (unpaired) electrons. The van der Waals surface area contributed by atoms with E-state index in [0.29, 0.717) is 18.1 Å². The molecule has 1 atom stereocenters. The lowest BCUT2D eigenvalue weighted by atomic mass is 10.0. The molecule has 0 saturated heterocycles. The van der Waals surface area contributed by atoms with E-state index in [4.69, 9.17) is 14.0 Å². The van der Waals surface area contributed by atoms with Gasteiger partial charge in [-0.25, -0.2) is 0 Å². The maximum atomic E-state index is 6.02. The number of hydrogen-bond acceptors (Lipinski definition) is 5. The van der Waals surface area contributed by atoms with Crippen molar-refractivity contribution in [1.82, 2.24) is 10.1 Å². The van der Waals surface area contributed by atoms with Crippen LogP contribution in [0.4, 0.5) is 0 Å². The number of rotatable bonds is 4. The Morgan fingerprint density at radius 3 is 2.39 bits per heavy atom. The van der Waals surface area contributed by atoms with Gasteiger partial charge in [0.2, 0.25) is 5.82 Å². The summed E-state index contributed by atoms with van der Waals surface area (Å²) < 4.78 is 16.9. The van der Waals surface area contributed by atoms with Crippen LogP contribution in [0.2, 0.25) is 0 Å². The van der Waals surface area contributed by atoms with Gasteiger partial charge in [-0.2, -0.15) is 4.98 Å². The minimum Gasteiger partial charge on any atom is -0.493 e. The topological polar surface area (TPSA) is 57.4 Å². The lowest BCUT2D eigenvalue weighted by molar-refractivity contribution is 0.178. The second-order valence-electron chi connectivity index (χ2n) is 6.66. The van der Waals surface area contributed by atoms with Crippen molar-refractivity contribution in [3.05, 3.63) is 84.3 Å². The number of nitrogens with zero attached hydrogens (tertiary/aromatic N) is 2. The second kappa shape index (κ2) is 6.85. The summed E-state index contributed by atoms with van der Waals surface area (Å²) in [6, 6.07) is 24.2. The zero-order chi connectivity index (χ0) is 18.9. The minimum atomic E-state index is -0.295. The predicted octanol–water partition coefficient (Wildman–Crippen LogP) is 5.09. The first kappa shape index (κ1) is 16.6. The van der Waals surface area contributed by atoms with E-state index >= 15 is 0 Å². The van der Waals surface area contributed by atoms with Crippen LogP contribution < -0.4 is 9.47 Å². The van der Waals surface area contributed by atoms with Gasteiger partial charge in [-0.1, -0.05) is 71.9 Å². The average Bonchev–Trinajstić information content (AvgIpc) is 3.41. The molecule has 0 saturated carbocycles. The minimum absolute atomic E-state index is 0.295. The van der Waals surface area contributed by atoms with Crippen LogP contribution in [0.1, 0.15) is 17.6 Å². The van der Waals surface area contributed by atoms with Crippen LogP contribution in [0.3, 0.4) is 0 Å². The second-order valence-corrected chi connectivity index (χ2v) is 6.66. The highest BCUT2D eigenvalue weighted by Gasteiger charge is 2.31. The molecule has 1 aliphatic rings. The number of aromatic nitrogens is 2. The molecule has 0 amide bonds. The molecular weight excluding hydrogens is 352 g/mol. The smallest absolute Gasteiger partial charge is 0.268 e. The summed E-state index contributed by atoms with van der Waals surface area (Å²) in [7, 11) is 1.64. The summed E-state index contributed by atoms with van der Waals surface area (Å²) in [5, 5.41) is 4.14. The van der Waals surface area contributed by atoms with Crippen molar-refractivity contribution in [2.75, 3.05) is 7.11 Å². The summed E-state index contributed by atoms with van der Waals surface area (Å²) in [5.41, 5.74) is 4.31. The van der Waals surface area contributed by atoms with Crippen LogP contribution in [-0.2, 0) is 6.42 Å². The van der Waals surface area contributed by atoms with Gasteiger partial charge in [0.25, 0.3) is 5.89 Å². The Bertz CT molecular complexity index is 1100. The van der Waals surface area contributed by atoms with E-state index in [1.807, 2.05) is 48.5 Å². The van der Waals surface area contributed by atoms with Crippen LogP contribution in [0.5, 0.6) is 11.5 Å². The fourth-order valence-electron chi connectivity index (χ4n) is 3.46. The summed E-state index contributed by atoms with van der Waals surface area (Å²) in [6.45, 7) is 0. The summed E-state index contributed by atoms with van der Waals surface area (Å²) in [4.78, 5) is 4.56. The predicted molar refractivity (Wildman–Crippen MR) is 105 cm³/mol. The van der Waals surface area contributed by atoms with Gasteiger partial charge in [0, 0.05) is 17.5 Å². The number of benzene rings is 3. The zero-order valence-corrected chi connectivity index (χ0v) is 15.3. The van der Waals surface area contributed by atoms with Crippen molar-refractivity contribution in [1.29, 1.82) is 0 Å². The first-order valence-corrected chi connectivity index (χ1v) is 9.14. The van der Waals surface area contributed by atoms with Gasteiger partial charge in [-0.3, -0.25) is 0 Å². The van der Waals surface area contributed by atoms with Gasteiger partial charge in [-0.15, -0.1) is 0 Å². The molecule has 0 N–H and O–H groups in total. The maximum absolute atomic E-state index is 6.02. The fourth-order valence-corrected chi connectivity index (χ4v) is 3.46. The van der Waals surface area contributed by atoms with Crippen molar-refractivity contribution >= 4 is 0 Å². The lowest BCUT2D eigenvalue weighted by Gasteiger charge is -2.08. The van der Waals surface area contributed by atoms with Gasteiger partial charge in [0.05, 0.1) is 7.11 Å². The van der Waals surface area contributed by atoms with Crippen molar-refractivity contribution in [2.45, 2.75) is 12.5 Å².